The first-order valence-corrected chi connectivity index (χ1v) is 8.36. The Morgan fingerprint density at radius 2 is 1.70 bits per heavy atom. The lowest BCUT2D eigenvalue weighted by Crippen LogP contribution is -2.43. The third-order valence-electron chi connectivity index (χ3n) is 3.87. The lowest BCUT2D eigenvalue weighted by molar-refractivity contribution is 0.0844. The number of benzene rings is 2. The van der Waals surface area contributed by atoms with E-state index in [9.17, 15) is 14.4 Å². The van der Waals surface area contributed by atoms with Crippen LogP contribution in [0.3, 0.4) is 0 Å². The molecule has 0 radical (unpaired) electrons. The van der Waals surface area contributed by atoms with Crippen LogP contribution in [0, 0.1) is 6.92 Å². The molecule has 3 rings (SSSR count). The number of carbonyl (C=O) groups is 2. The standard InChI is InChI=1S/C20H18N2O5/c1-3-26-15-9-8-14-10-16(20(25)27-17(14)11-15)19(24)22-21-18(23)13-6-4-12(2)5-7-13/h4-11H,3H2,1-2H3,(H,21,23)(H,22,24). The van der Waals surface area contributed by atoms with Crippen LogP contribution in [0.4, 0.5) is 0 Å². The van der Waals surface area contributed by atoms with Crippen LogP contribution in [0.5, 0.6) is 5.75 Å². The van der Waals surface area contributed by atoms with Gasteiger partial charge in [-0.2, -0.15) is 0 Å². The molecule has 0 saturated carbocycles. The lowest BCUT2D eigenvalue weighted by Gasteiger charge is -2.08. The highest BCUT2D eigenvalue weighted by atomic mass is 16.5. The number of aryl methyl sites for hydroxylation is 1. The van der Waals surface area contributed by atoms with Gasteiger partial charge in [-0.25, -0.2) is 4.79 Å². The van der Waals surface area contributed by atoms with Gasteiger partial charge in [0.25, 0.3) is 11.8 Å². The van der Waals surface area contributed by atoms with Gasteiger partial charge < -0.3 is 9.15 Å². The fourth-order valence-electron chi connectivity index (χ4n) is 2.46. The van der Waals surface area contributed by atoms with Gasteiger partial charge in [0.05, 0.1) is 6.61 Å². The van der Waals surface area contributed by atoms with Gasteiger partial charge in [-0.3, -0.25) is 20.4 Å². The van der Waals surface area contributed by atoms with Gasteiger partial charge in [-0.05, 0) is 44.2 Å². The SMILES string of the molecule is CCOc1ccc2cc(C(=O)NNC(=O)c3ccc(C)cc3)c(=O)oc2c1. The number of amides is 2. The smallest absolute Gasteiger partial charge is 0.349 e. The second-order valence-corrected chi connectivity index (χ2v) is 5.85. The van der Waals surface area contributed by atoms with Crippen LogP contribution in [0.15, 0.2) is 57.7 Å². The molecule has 0 aliphatic carbocycles. The first-order chi connectivity index (χ1) is 13.0. The van der Waals surface area contributed by atoms with Crippen LogP contribution in [0.1, 0.15) is 33.2 Å². The predicted molar refractivity (Wildman–Crippen MR) is 99.8 cm³/mol. The summed E-state index contributed by atoms with van der Waals surface area (Å²) in [5.74, 6) is -0.689. The van der Waals surface area contributed by atoms with Crippen molar-refractivity contribution in [2.75, 3.05) is 6.61 Å². The highest BCUT2D eigenvalue weighted by Gasteiger charge is 2.15. The molecule has 138 valence electrons. The molecule has 0 unspecified atom stereocenters. The molecule has 0 aliphatic rings. The van der Waals surface area contributed by atoms with Crippen LogP contribution in [0.25, 0.3) is 11.0 Å². The molecule has 7 nitrogen and oxygen atoms in total. The van der Waals surface area contributed by atoms with Crippen LogP contribution in [-0.2, 0) is 0 Å². The van der Waals surface area contributed by atoms with Gasteiger partial charge in [-0.1, -0.05) is 17.7 Å². The van der Waals surface area contributed by atoms with Crippen LogP contribution in [0.2, 0.25) is 0 Å². The zero-order chi connectivity index (χ0) is 19.4. The quantitative estimate of drug-likeness (QED) is 0.546. The number of hydrogen-bond acceptors (Lipinski definition) is 5. The molecule has 2 N–H and O–H groups in total. The molecular weight excluding hydrogens is 348 g/mol. The normalized spacial score (nSPS) is 10.4. The zero-order valence-corrected chi connectivity index (χ0v) is 14.9. The maximum atomic E-state index is 12.3. The molecule has 1 heterocycles. The highest BCUT2D eigenvalue weighted by Crippen LogP contribution is 2.20. The van der Waals surface area contributed by atoms with Crippen LogP contribution in [-0.4, -0.2) is 18.4 Å². The van der Waals surface area contributed by atoms with E-state index >= 15 is 0 Å². The van der Waals surface area contributed by atoms with Gasteiger partial charge in [0.15, 0.2) is 0 Å². The fourth-order valence-corrected chi connectivity index (χ4v) is 2.46. The summed E-state index contributed by atoms with van der Waals surface area (Å²) in [7, 11) is 0. The molecule has 2 aromatic carbocycles. The van der Waals surface area contributed by atoms with Crippen molar-refractivity contribution in [3.63, 3.8) is 0 Å². The summed E-state index contributed by atoms with van der Waals surface area (Å²) >= 11 is 0. The molecule has 0 bridgehead atoms. The van der Waals surface area contributed by atoms with E-state index in [1.165, 1.54) is 6.07 Å². The molecule has 1 aromatic heterocycles. The minimum atomic E-state index is -0.807. The maximum absolute atomic E-state index is 12.3. The first kappa shape index (κ1) is 18.2. The molecule has 0 spiro atoms. The molecule has 0 saturated heterocycles. The van der Waals surface area contributed by atoms with Crippen LogP contribution < -0.4 is 21.2 Å². The van der Waals surface area contributed by atoms with Crippen molar-refractivity contribution in [1.29, 1.82) is 0 Å². The third kappa shape index (κ3) is 4.14. The van der Waals surface area contributed by atoms with Crippen LogP contribution >= 0.6 is 0 Å². The molecule has 7 heteroatoms. The van der Waals surface area contributed by atoms with Crippen molar-refractivity contribution in [2.45, 2.75) is 13.8 Å². The van der Waals surface area contributed by atoms with Gasteiger partial charge in [0.2, 0.25) is 0 Å². The second-order valence-electron chi connectivity index (χ2n) is 5.85. The van der Waals surface area contributed by atoms with Gasteiger partial charge in [-0.15, -0.1) is 0 Å². The first-order valence-electron chi connectivity index (χ1n) is 8.36. The zero-order valence-electron chi connectivity index (χ0n) is 14.9. The van der Waals surface area contributed by atoms with E-state index in [1.807, 2.05) is 13.8 Å². The summed E-state index contributed by atoms with van der Waals surface area (Å²) in [5, 5.41) is 0.563. The van der Waals surface area contributed by atoms with E-state index in [2.05, 4.69) is 10.9 Å². The molecule has 0 atom stereocenters. The summed E-state index contributed by atoms with van der Waals surface area (Å²) in [6, 6.07) is 13.2. The minimum Gasteiger partial charge on any atom is -0.494 e. The molecule has 2 amide bonds. The fraction of sp³-hybridized carbons (Fsp3) is 0.150. The van der Waals surface area contributed by atoms with E-state index < -0.39 is 17.4 Å². The third-order valence-corrected chi connectivity index (χ3v) is 3.87. The molecule has 27 heavy (non-hydrogen) atoms. The summed E-state index contributed by atoms with van der Waals surface area (Å²) in [6.07, 6.45) is 0. The van der Waals surface area contributed by atoms with E-state index in [0.29, 0.717) is 28.9 Å². The largest absolute Gasteiger partial charge is 0.494 e. The van der Waals surface area contributed by atoms with E-state index in [4.69, 9.17) is 9.15 Å². The van der Waals surface area contributed by atoms with E-state index in [1.54, 1.807) is 42.5 Å². The Morgan fingerprint density at radius 1 is 1.00 bits per heavy atom. The van der Waals surface area contributed by atoms with Crippen molar-refractivity contribution in [3.8, 4) is 5.75 Å². The lowest BCUT2D eigenvalue weighted by atomic mass is 10.1. The number of carbonyl (C=O) groups excluding carboxylic acids is 2. The molecular formula is C20H18N2O5. The number of ether oxygens (including phenoxy) is 1. The number of rotatable bonds is 4. The van der Waals surface area contributed by atoms with Gasteiger partial charge >= 0.3 is 5.63 Å². The summed E-state index contributed by atoms with van der Waals surface area (Å²) < 4.78 is 10.6. The average molecular weight is 366 g/mol. The summed E-state index contributed by atoms with van der Waals surface area (Å²) in [4.78, 5) is 36.4. The van der Waals surface area contributed by atoms with Gasteiger partial charge in [0, 0.05) is 17.0 Å². The monoisotopic (exact) mass is 366 g/mol. The van der Waals surface area contributed by atoms with Crippen molar-refractivity contribution in [1.82, 2.24) is 10.9 Å². The Morgan fingerprint density at radius 3 is 2.41 bits per heavy atom. The number of hydrazine groups is 1. The Balaban J connectivity index is 1.76. The van der Waals surface area contributed by atoms with Crippen molar-refractivity contribution < 1.29 is 18.7 Å². The van der Waals surface area contributed by atoms with Crippen molar-refractivity contribution >= 4 is 22.8 Å². The number of nitrogens with one attached hydrogen (secondary N) is 2. The second kappa shape index (κ2) is 7.74. The number of hydrogen-bond donors (Lipinski definition) is 2. The summed E-state index contributed by atoms with van der Waals surface area (Å²) in [6.45, 7) is 4.23. The minimum absolute atomic E-state index is 0.212. The molecule has 0 fully saturated rings. The van der Waals surface area contributed by atoms with Gasteiger partial charge in [0.1, 0.15) is 16.9 Å². The van der Waals surface area contributed by atoms with Crippen molar-refractivity contribution in [3.05, 3.63) is 75.6 Å². The Hall–Kier alpha value is -3.61. The Kier molecular flexibility index (Phi) is 5.21. The summed E-state index contributed by atoms with van der Waals surface area (Å²) in [5.41, 5.74) is 5.19. The highest BCUT2D eigenvalue weighted by molar-refractivity contribution is 6.00. The van der Waals surface area contributed by atoms with E-state index in [0.717, 1.165) is 5.56 Å². The maximum Gasteiger partial charge on any atom is 0.349 e. The molecule has 0 aliphatic heterocycles. The predicted octanol–water partition coefficient (Wildman–Crippen LogP) is 2.57. The molecule has 3 aromatic rings. The topological polar surface area (TPSA) is 97.6 Å². The Bertz CT molecular complexity index is 1050. The van der Waals surface area contributed by atoms with Crippen molar-refractivity contribution in [2.24, 2.45) is 0 Å². The Labute approximate surface area is 154 Å². The van der Waals surface area contributed by atoms with E-state index in [-0.39, 0.29) is 5.56 Å². The average Bonchev–Trinajstić information content (AvgIpc) is 2.66. The number of fused-ring (bicyclic) bond motifs is 1.